The van der Waals surface area contributed by atoms with E-state index in [9.17, 15) is 9.18 Å². The van der Waals surface area contributed by atoms with Crippen molar-refractivity contribution < 1.29 is 13.9 Å². The van der Waals surface area contributed by atoms with E-state index in [4.69, 9.17) is 9.72 Å². The minimum atomic E-state index is -0.370. The summed E-state index contributed by atoms with van der Waals surface area (Å²) < 4.78 is 21.2. The van der Waals surface area contributed by atoms with Crippen molar-refractivity contribution >= 4 is 16.9 Å². The lowest BCUT2D eigenvalue weighted by atomic mass is 9.87. The van der Waals surface area contributed by atoms with Crippen LogP contribution < -0.4 is 10.1 Å². The number of halogens is 1. The lowest BCUT2D eigenvalue weighted by Gasteiger charge is -2.19. The summed E-state index contributed by atoms with van der Waals surface area (Å²) in [7, 11) is 0. The highest BCUT2D eigenvalue weighted by Gasteiger charge is 2.14. The molecule has 3 aromatic carbocycles. The standard InChI is InChI=1S/C28H30FN3O2/c1-28(2,3)21-11-15-23(16-12-21)34-18-6-17-32-25-8-5-4-7-24(25)31-26(32)19-30-27(33)20-9-13-22(29)14-10-20/h4-5,7-16H,6,17-19H2,1-3H3,(H,30,33). The van der Waals surface area contributed by atoms with E-state index < -0.39 is 0 Å². The van der Waals surface area contributed by atoms with Gasteiger partial charge in [0.1, 0.15) is 17.4 Å². The predicted octanol–water partition coefficient (Wildman–Crippen LogP) is 5.87. The minimum Gasteiger partial charge on any atom is -0.494 e. The number of benzene rings is 3. The fourth-order valence-electron chi connectivity index (χ4n) is 3.84. The summed E-state index contributed by atoms with van der Waals surface area (Å²) >= 11 is 0. The van der Waals surface area contributed by atoms with Gasteiger partial charge in [-0.2, -0.15) is 0 Å². The number of ether oxygens (including phenoxy) is 1. The second kappa shape index (κ2) is 10.1. The first kappa shape index (κ1) is 23.5. The van der Waals surface area contributed by atoms with Crippen molar-refractivity contribution in [3.05, 3.63) is 95.6 Å². The Bertz CT molecular complexity index is 1260. The number of para-hydroxylation sites is 2. The quantitative estimate of drug-likeness (QED) is 0.335. The molecule has 5 nitrogen and oxygen atoms in total. The van der Waals surface area contributed by atoms with Gasteiger partial charge in [-0.05, 0) is 65.9 Å². The first-order chi connectivity index (χ1) is 16.3. The third-order valence-corrected chi connectivity index (χ3v) is 5.76. The third kappa shape index (κ3) is 5.63. The number of aryl methyl sites for hydroxylation is 1. The first-order valence-corrected chi connectivity index (χ1v) is 11.5. The number of hydrogen-bond donors (Lipinski definition) is 1. The number of hydrogen-bond acceptors (Lipinski definition) is 3. The molecule has 1 aromatic heterocycles. The molecule has 1 heterocycles. The molecule has 0 unspecified atom stereocenters. The van der Waals surface area contributed by atoms with Gasteiger partial charge in [0.25, 0.3) is 5.91 Å². The maximum atomic E-state index is 13.1. The summed E-state index contributed by atoms with van der Waals surface area (Å²) in [6.07, 6.45) is 0.792. The minimum absolute atomic E-state index is 0.115. The molecule has 1 N–H and O–H groups in total. The molecular formula is C28H30FN3O2. The van der Waals surface area contributed by atoms with Crippen LogP contribution in [0.2, 0.25) is 0 Å². The Balaban J connectivity index is 1.39. The normalized spacial score (nSPS) is 11.5. The topological polar surface area (TPSA) is 56.1 Å². The van der Waals surface area contributed by atoms with E-state index in [-0.39, 0.29) is 23.7 Å². The molecule has 0 spiro atoms. The Morgan fingerprint density at radius 2 is 1.71 bits per heavy atom. The average Bonchev–Trinajstić information content (AvgIpc) is 3.18. The van der Waals surface area contributed by atoms with E-state index in [2.05, 4.69) is 42.8 Å². The van der Waals surface area contributed by atoms with Gasteiger partial charge < -0.3 is 14.6 Å². The van der Waals surface area contributed by atoms with Crippen LogP contribution in [0, 0.1) is 5.82 Å². The van der Waals surface area contributed by atoms with Gasteiger partial charge in [-0.1, -0.05) is 45.0 Å². The maximum Gasteiger partial charge on any atom is 0.251 e. The molecule has 0 bridgehead atoms. The fraction of sp³-hybridized carbons (Fsp3) is 0.286. The van der Waals surface area contributed by atoms with Gasteiger partial charge in [-0.3, -0.25) is 4.79 Å². The number of fused-ring (bicyclic) bond motifs is 1. The van der Waals surface area contributed by atoms with Gasteiger partial charge >= 0.3 is 0 Å². The second-order valence-corrected chi connectivity index (χ2v) is 9.33. The summed E-state index contributed by atoms with van der Waals surface area (Å²) in [6.45, 7) is 8.14. The molecule has 34 heavy (non-hydrogen) atoms. The monoisotopic (exact) mass is 459 g/mol. The molecule has 0 radical (unpaired) electrons. The fourth-order valence-corrected chi connectivity index (χ4v) is 3.84. The number of imidazole rings is 1. The van der Waals surface area contributed by atoms with Gasteiger partial charge in [0.2, 0.25) is 0 Å². The Morgan fingerprint density at radius 1 is 1.00 bits per heavy atom. The molecule has 4 rings (SSSR count). The Kier molecular flexibility index (Phi) is 6.96. The molecule has 1 amide bonds. The van der Waals surface area contributed by atoms with Crippen LogP contribution in [-0.4, -0.2) is 22.1 Å². The van der Waals surface area contributed by atoms with Crippen molar-refractivity contribution in [3.63, 3.8) is 0 Å². The molecular weight excluding hydrogens is 429 g/mol. The number of nitrogens with one attached hydrogen (secondary N) is 1. The van der Waals surface area contributed by atoms with Crippen LogP contribution in [0.3, 0.4) is 0 Å². The number of aromatic nitrogens is 2. The van der Waals surface area contributed by atoms with Crippen molar-refractivity contribution in [1.82, 2.24) is 14.9 Å². The average molecular weight is 460 g/mol. The Hall–Kier alpha value is -3.67. The van der Waals surface area contributed by atoms with Crippen LogP contribution in [-0.2, 0) is 18.5 Å². The van der Waals surface area contributed by atoms with E-state index in [0.717, 1.165) is 29.0 Å². The second-order valence-electron chi connectivity index (χ2n) is 9.33. The molecule has 0 aliphatic heterocycles. The van der Waals surface area contributed by atoms with Crippen LogP contribution in [0.1, 0.15) is 48.9 Å². The molecule has 4 aromatic rings. The highest BCUT2D eigenvalue weighted by Crippen LogP contribution is 2.24. The lowest BCUT2D eigenvalue weighted by molar-refractivity contribution is 0.0949. The van der Waals surface area contributed by atoms with E-state index in [0.29, 0.717) is 18.7 Å². The van der Waals surface area contributed by atoms with Gasteiger partial charge in [-0.25, -0.2) is 9.37 Å². The molecule has 0 fully saturated rings. The zero-order valence-electron chi connectivity index (χ0n) is 19.8. The molecule has 176 valence electrons. The van der Waals surface area contributed by atoms with Gasteiger partial charge in [-0.15, -0.1) is 0 Å². The summed E-state index contributed by atoms with van der Waals surface area (Å²) in [6, 6.07) is 21.7. The Labute approximate surface area is 199 Å². The maximum absolute atomic E-state index is 13.1. The summed E-state index contributed by atoms with van der Waals surface area (Å²) in [4.78, 5) is 17.2. The van der Waals surface area contributed by atoms with Crippen molar-refractivity contribution in [3.8, 4) is 5.75 Å². The first-order valence-electron chi connectivity index (χ1n) is 11.5. The zero-order valence-corrected chi connectivity index (χ0v) is 19.8. The summed E-state index contributed by atoms with van der Waals surface area (Å²) in [5.41, 5.74) is 3.70. The number of rotatable bonds is 8. The van der Waals surface area contributed by atoms with E-state index in [1.54, 1.807) is 0 Å². The van der Waals surface area contributed by atoms with E-state index in [1.807, 2.05) is 36.4 Å². The van der Waals surface area contributed by atoms with Crippen LogP contribution >= 0.6 is 0 Å². The zero-order chi connectivity index (χ0) is 24.1. The van der Waals surface area contributed by atoms with Gasteiger partial charge in [0.15, 0.2) is 0 Å². The van der Waals surface area contributed by atoms with Gasteiger partial charge in [0.05, 0.1) is 24.2 Å². The van der Waals surface area contributed by atoms with Crippen molar-refractivity contribution in [2.45, 2.75) is 45.7 Å². The molecule has 6 heteroatoms. The highest BCUT2D eigenvalue weighted by molar-refractivity contribution is 5.94. The van der Waals surface area contributed by atoms with Crippen molar-refractivity contribution in [1.29, 1.82) is 0 Å². The third-order valence-electron chi connectivity index (χ3n) is 5.76. The molecule has 0 aliphatic rings. The van der Waals surface area contributed by atoms with Gasteiger partial charge in [0, 0.05) is 12.1 Å². The number of nitrogens with zero attached hydrogens (tertiary/aromatic N) is 2. The van der Waals surface area contributed by atoms with Crippen molar-refractivity contribution in [2.75, 3.05) is 6.61 Å². The molecule has 0 saturated heterocycles. The molecule has 0 atom stereocenters. The van der Waals surface area contributed by atoms with Crippen molar-refractivity contribution in [2.24, 2.45) is 0 Å². The number of carbonyl (C=O) groups excluding carboxylic acids is 1. The largest absolute Gasteiger partial charge is 0.494 e. The summed E-state index contributed by atoms with van der Waals surface area (Å²) in [5, 5.41) is 2.89. The van der Waals surface area contributed by atoms with Crippen LogP contribution in [0.25, 0.3) is 11.0 Å². The van der Waals surface area contributed by atoms with Crippen LogP contribution in [0.5, 0.6) is 5.75 Å². The van der Waals surface area contributed by atoms with E-state index in [1.165, 1.54) is 29.8 Å². The smallest absolute Gasteiger partial charge is 0.251 e. The molecule has 0 aliphatic carbocycles. The SMILES string of the molecule is CC(C)(C)c1ccc(OCCCn2c(CNC(=O)c3ccc(F)cc3)nc3ccccc32)cc1. The lowest BCUT2D eigenvalue weighted by Crippen LogP contribution is -2.25. The van der Waals surface area contributed by atoms with Crippen LogP contribution in [0.4, 0.5) is 4.39 Å². The van der Waals surface area contributed by atoms with E-state index >= 15 is 0 Å². The predicted molar refractivity (Wildman–Crippen MR) is 133 cm³/mol. The highest BCUT2D eigenvalue weighted by atomic mass is 19.1. The Morgan fingerprint density at radius 3 is 2.41 bits per heavy atom. The number of carbonyl (C=O) groups is 1. The summed E-state index contributed by atoms with van der Waals surface area (Å²) in [5.74, 6) is 0.993. The molecule has 0 saturated carbocycles. The number of amides is 1. The van der Waals surface area contributed by atoms with Crippen LogP contribution in [0.15, 0.2) is 72.8 Å².